The van der Waals surface area contributed by atoms with Crippen molar-refractivity contribution in [2.75, 3.05) is 33.7 Å². The van der Waals surface area contributed by atoms with Gasteiger partial charge in [0.15, 0.2) is 0 Å². The molecular formula is C25H35N3O3S. The first-order chi connectivity index (χ1) is 15.2. The summed E-state index contributed by atoms with van der Waals surface area (Å²) in [6, 6.07) is 15.4. The number of sulfonamides is 1. The predicted octanol–water partition coefficient (Wildman–Crippen LogP) is 3.54. The molecule has 2 aromatic carbocycles. The number of hydrogen-bond donors (Lipinski definition) is 1. The Morgan fingerprint density at radius 1 is 1.00 bits per heavy atom. The number of piperazine rings is 1. The molecule has 7 heteroatoms. The molecule has 0 spiro atoms. The van der Waals surface area contributed by atoms with Crippen molar-refractivity contribution in [2.24, 2.45) is 5.92 Å². The van der Waals surface area contributed by atoms with Crippen LogP contribution in [0.1, 0.15) is 43.9 Å². The first-order valence-corrected chi connectivity index (χ1v) is 12.9. The summed E-state index contributed by atoms with van der Waals surface area (Å²) in [6.07, 6.45) is 2.71. The smallest absolute Gasteiger partial charge is 0.242 e. The lowest BCUT2D eigenvalue weighted by Crippen LogP contribution is -2.57. The molecule has 0 radical (unpaired) electrons. The van der Waals surface area contributed by atoms with Crippen LogP contribution in [0, 0.1) is 5.92 Å². The monoisotopic (exact) mass is 457 g/mol. The second-order valence-corrected chi connectivity index (χ2v) is 11.8. The fraction of sp³-hybridized carbons (Fsp3) is 0.520. The standard InChI is InChI=1S/C25H35N3O3S/c1-18-16-28(19(2)15-27(18)17-20-8-9-20)25(22-6-5-7-23(29)14-22)21-10-12-24(13-11-21)32(30,31)26(3)4/h5-7,10-14,18-20,25,29H,8-9,15-17H2,1-4H3/t18-,19+,25?/m1/s1. The van der Waals surface area contributed by atoms with Gasteiger partial charge in [-0.05, 0) is 68.0 Å². The first-order valence-electron chi connectivity index (χ1n) is 11.5. The molecule has 6 nitrogen and oxygen atoms in total. The summed E-state index contributed by atoms with van der Waals surface area (Å²) in [7, 11) is -0.386. The Morgan fingerprint density at radius 2 is 1.69 bits per heavy atom. The molecule has 2 aliphatic rings. The molecule has 1 unspecified atom stereocenters. The van der Waals surface area contributed by atoms with E-state index < -0.39 is 10.0 Å². The summed E-state index contributed by atoms with van der Waals surface area (Å²) in [5.41, 5.74) is 2.05. The Labute approximate surface area is 192 Å². The minimum Gasteiger partial charge on any atom is -0.508 e. The summed E-state index contributed by atoms with van der Waals surface area (Å²) >= 11 is 0. The van der Waals surface area contributed by atoms with Crippen molar-refractivity contribution in [1.82, 2.24) is 14.1 Å². The molecule has 1 saturated heterocycles. The van der Waals surface area contributed by atoms with E-state index in [1.807, 2.05) is 30.3 Å². The average Bonchev–Trinajstić information content (AvgIpc) is 3.56. The second-order valence-electron chi connectivity index (χ2n) is 9.65. The Morgan fingerprint density at radius 3 is 2.28 bits per heavy atom. The molecule has 3 atom stereocenters. The number of nitrogens with zero attached hydrogens (tertiary/aromatic N) is 3. The summed E-state index contributed by atoms with van der Waals surface area (Å²) < 4.78 is 26.3. The number of benzene rings is 2. The van der Waals surface area contributed by atoms with Gasteiger partial charge in [-0.25, -0.2) is 12.7 Å². The highest BCUT2D eigenvalue weighted by atomic mass is 32.2. The third-order valence-electron chi connectivity index (χ3n) is 6.84. The molecule has 0 aromatic heterocycles. The normalized spacial score (nSPS) is 24.0. The zero-order chi connectivity index (χ0) is 23.0. The number of rotatable bonds is 7. The molecule has 4 rings (SSSR count). The average molecular weight is 458 g/mol. The van der Waals surface area contributed by atoms with Crippen LogP contribution in [0.3, 0.4) is 0 Å². The molecule has 1 heterocycles. The predicted molar refractivity (Wildman–Crippen MR) is 127 cm³/mol. The van der Waals surface area contributed by atoms with Crippen molar-refractivity contribution in [3.63, 3.8) is 0 Å². The minimum absolute atomic E-state index is 0.0567. The zero-order valence-corrected chi connectivity index (χ0v) is 20.3. The Kier molecular flexibility index (Phi) is 6.63. The summed E-state index contributed by atoms with van der Waals surface area (Å²) in [4.78, 5) is 5.40. The van der Waals surface area contributed by atoms with Crippen LogP contribution >= 0.6 is 0 Å². The van der Waals surface area contributed by atoms with Gasteiger partial charge >= 0.3 is 0 Å². The lowest BCUT2D eigenvalue weighted by Gasteiger charge is -2.48. The number of aromatic hydroxyl groups is 1. The quantitative estimate of drug-likeness (QED) is 0.689. The molecular weight excluding hydrogens is 422 g/mol. The Balaban J connectivity index is 1.67. The highest BCUT2D eigenvalue weighted by Gasteiger charge is 2.37. The van der Waals surface area contributed by atoms with Gasteiger partial charge in [0, 0.05) is 45.8 Å². The number of hydrogen-bond acceptors (Lipinski definition) is 5. The van der Waals surface area contributed by atoms with Gasteiger partial charge in [0.2, 0.25) is 10.0 Å². The molecule has 1 aliphatic heterocycles. The van der Waals surface area contributed by atoms with Crippen LogP contribution < -0.4 is 0 Å². The molecule has 1 saturated carbocycles. The number of phenolic OH excluding ortho intramolecular Hbond substituents is 1. The van der Waals surface area contributed by atoms with Gasteiger partial charge in [-0.3, -0.25) is 9.80 Å². The third-order valence-corrected chi connectivity index (χ3v) is 8.67. The lowest BCUT2D eigenvalue weighted by atomic mass is 9.93. The highest BCUT2D eigenvalue weighted by molar-refractivity contribution is 7.89. The maximum Gasteiger partial charge on any atom is 0.242 e. The fourth-order valence-corrected chi connectivity index (χ4v) is 5.68. The van der Waals surface area contributed by atoms with Crippen LogP contribution in [0.25, 0.3) is 0 Å². The van der Waals surface area contributed by atoms with Gasteiger partial charge in [-0.1, -0.05) is 24.3 Å². The molecule has 0 bridgehead atoms. The van der Waals surface area contributed by atoms with Crippen molar-refractivity contribution in [3.05, 3.63) is 59.7 Å². The van der Waals surface area contributed by atoms with Gasteiger partial charge in [-0.2, -0.15) is 0 Å². The first kappa shape index (κ1) is 23.2. The van der Waals surface area contributed by atoms with Gasteiger partial charge in [0.05, 0.1) is 10.9 Å². The van der Waals surface area contributed by atoms with E-state index in [1.165, 1.54) is 23.7 Å². The van der Waals surface area contributed by atoms with Gasteiger partial charge in [0.25, 0.3) is 0 Å². The van der Waals surface area contributed by atoms with E-state index in [-0.39, 0.29) is 16.7 Å². The molecule has 2 fully saturated rings. The Hall–Kier alpha value is -1.93. The third kappa shape index (κ3) is 4.86. The van der Waals surface area contributed by atoms with Crippen LogP contribution in [-0.2, 0) is 10.0 Å². The van der Waals surface area contributed by atoms with E-state index in [0.717, 1.165) is 30.1 Å². The van der Waals surface area contributed by atoms with Gasteiger partial charge < -0.3 is 5.11 Å². The summed E-state index contributed by atoms with van der Waals surface area (Å²) in [6.45, 7) is 7.69. The van der Waals surface area contributed by atoms with E-state index >= 15 is 0 Å². The molecule has 174 valence electrons. The zero-order valence-electron chi connectivity index (χ0n) is 19.5. The topological polar surface area (TPSA) is 64.1 Å². The summed E-state index contributed by atoms with van der Waals surface area (Å²) in [5, 5.41) is 10.2. The fourth-order valence-electron chi connectivity index (χ4n) is 4.77. The van der Waals surface area contributed by atoms with Gasteiger partial charge in [-0.15, -0.1) is 0 Å². The van der Waals surface area contributed by atoms with Crippen molar-refractivity contribution < 1.29 is 13.5 Å². The van der Waals surface area contributed by atoms with Crippen molar-refractivity contribution in [1.29, 1.82) is 0 Å². The van der Waals surface area contributed by atoms with Crippen LogP contribution in [0.2, 0.25) is 0 Å². The Bertz CT molecular complexity index is 1030. The number of phenols is 1. The molecule has 32 heavy (non-hydrogen) atoms. The summed E-state index contributed by atoms with van der Waals surface area (Å²) in [5.74, 6) is 1.11. The van der Waals surface area contributed by atoms with Crippen LogP contribution in [0.4, 0.5) is 0 Å². The SMILES string of the molecule is C[C@@H]1CN(C(c2ccc(S(=O)(=O)N(C)C)cc2)c2cccc(O)c2)[C@@H](C)CN1CC1CC1. The van der Waals surface area contributed by atoms with E-state index in [2.05, 4.69) is 23.6 Å². The van der Waals surface area contributed by atoms with Crippen molar-refractivity contribution in [3.8, 4) is 5.75 Å². The van der Waals surface area contributed by atoms with Crippen molar-refractivity contribution in [2.45, 2.75) is 49.7 Å². The van der Waals surface area contributed by atoms with E-state index in [9.17, 15) is 13.5 Å². The van der Waals surface area contributed by atoms with Crippen molar-refractivity contribution >= 4 is 10.0 Å². The maximum atomic E-state index is 12.5. The van der Waals surface area contributed by atoms with Crippen LogP contribution in [-0.4, -0.2) is 73.4 Å². The molecule has 1 aliphatic carbocycles. The minimum atomic E-state index is -3.48. The van der Waals surface area contributed by atoms with Crippen LogP contribution in [0.15, 0.2) is 53.4 Å². The van der Waals surface area contributed by atoms with Gasteiger partial charge in [0.1, 0.15) is 5.75 Å². The van der Waals surface area contributed by atoms with E-state index in [0.29, 0.717) is 12.1 Å². The van der Waals surface area contributed by atoms with E-state index in [1.54, 1.807) is 32.3 Å². The lowest BCUT2D eigenvalue weighted by molar-refractivity contribution is 0.0216. The molecule has 0 amide bonds. The van der Waals surface area contributed by atoms with Crippen LogP contribution in [0.5, 0.6) is 5.75 Å². The highest BCUT2D eigenvalue weighted by Crippen LogP contribution is 2.36. The molecule has 2 aromatic rings. The largest absolute Gasteiger partial charge is 0.508 e. The molecule has 1 N–H and O–H groups in total. The second kappa shape index (κ2) is 9.14. The maximum absolute atomic E-state index is 12.5. The van der Waals surface area contributed by atoms with E-state index in [4.69, 9.17) is 0 Å².